The summed E-state index contributed by atoms with van der Waals surface area (Å²) in [6.07, 6.45) is 0.726. The van der Waals surface area contributed by atoms with Crippen molar-refractivity contribution >= 4 is 6.09 Å². The van der Waals surface area contributed by atoms with Gasteiger partial charge in [-0.15, -0.1) is 0 Å². The molecule has 0 saturated carbocycles. The van der Waals surface area contributed by atoms with Gasteiger partial charge in [-0.3, -0.25) is 0 Å². The summed E-state index contributed by atoms with van der Waals surface area (Å²) in [7, 11) is 0. The highest BCUT2D eigenvalue weighted by Crippen LogP contribution is 2.20. The van der Waals surface area contributed by atoms with Gasteiger partial charge < -0.3 is 9.64 Å². The summed E-state index contributed by atoms with van der Waals surface area (Å²) in [5, 5.41) is 0. The third-order valence-corrected chi connectivity index (χ3v) is 2.90. The summed E-state index contributed by atoms with van der Waals surface area (Å²) in [4.78, 5) is 13.4. The molecular formula is C13H17NO2. The van der Waals surface area contributed by atoms with Gasteiger partial charge >= 0.3 is 6.09 Å². The van der Waals surface area contributed by atoms with Crippen LogP contribution in [-0.4, -0.2) is 24.1 Å². The summed E-state index contributed by atoms with van der Waals surface area (Å²) in [5.41, 5.74) is 3.84. The fourth-order valence-electron chi connectivity index (χ4n) is 2.06. The molecule has 0 radical (unpaired) electrons. The van der Waals surface area contributed by atoms with Gasteiger partial charge in [-0.25, -0.2) is 4.79 Å². The van der Waals surface area contributed by atoms with Crippen LogP contribution in [0.4, 0.5) is 4.79 Å². The van der Waals surface area contributed by atoms with Crippen LogP contribution in [0.25, 0.3) is 0 Å². The van der Waals surface area contributed by atoms with E-state index in [1.54, 1.807) is 4.90 Å². The Balaban J connectivity index is 2.13. The Morgan fingerprint density at radius 2 is 2.25 bits per heavy atom. The van der Waals surface area contributed by atoms with Crippen molar-refractivity contribution in [3.8, 4) is 0 Å². The first-order valence-electron chi connectivity index (χ1n) is 5.71. The lowest BCUT2D eigenvalue weighted by Gasteiger charge is -2.28. The fourth-order valence-corrected chi connectivity index (χ4v) is 2.06. The van der Waals surface area contributed by atoms with Gasteiger partial charge in [0.05, 0.1) is 6.61 Å². The van der Waals surface area contributed by atoms with Crippen LogP contribution in [0, 0.1) is 6.92 Å². The largest absolute Gasteiger partial charge is 0.450 e. The van der Waals surface area contributed by atoms with E-state index >= 15 is 0 Å². The van der Waals surface area contributed by atoms with Gasteiger partial charge in [-0.1, -0.05) is 23.8 Å². The number of carbonyl (C=O) groups is 1. The molecule has 1 aliphatic rings. The first-order valence-corrected chi connectivity index (χ1v) is 5.71. The van der Waals surface area contributed by atoms with Crippen molar-refractivity contribution in [3.05, 3.63) is 34.9 Å². The van der Waals surface area contributed by atoms with Gasteiger partial charge in [0.15, 0.2) is 0 Å². The summed E-state index contributed by atoms with van der Waals surface area (Å²) in [6, 6.07) is 6.44. The molecule has 0 unspecified atom stereocenters. The van der Waals surface area contributed by atoms with Crippen LogP contribution < -0.4 is 0 Å². The molecule has 16 heavy (non-hydrogen) atoms. The molecule has 86 valence electrons. The second kappa shape index (κ2) is 4.56. The van der Waals surface area contributed by atoms with Crippen LogP contribution in [0.15, 0.2) is 18.2 Å². The van der Waals surface area contributed by atoms with Crippen molar-refractivity contribution in [2.75, 3.05) is 13.2 Å². The lowest BCUT2D eigenvalue weighted by atomic mass is 9.98. The van der Waals surface area contributed by atoms with E-state index in [0.29, 0.717) is 13.2 Å². The molecule has 3 heteroatoms. The lowest BCUT2D eigenvalue weighted by Crippen LogP contribution is -2.36. The van der Waals surface area contributed by atoms with E-state index in [9.17, 15) is 4.79 Å². The average Bonchev–Trinajstić information content (AvgIpc) is 2.28. The second-order valence-electron chi connectivity index (χ2n) is 4.14. The Hall–Kier alpha value is -1.51. The van der Waals surface area contributed by atoms with E-state index in [0.717, 1.165) is 13.0 Å². The highest BCUT2D eigenvalue weighted by Gasteiger charge is 2.21. The SMILES string of the molecule is CCOC(=O)N1CCc2ccc(C)cc2C1. The number of ether oxygens (including phenoxy) is 1. The maximum Gasteiger partial charge on any atom is 0.410 e. The molecular weight excluding hydrogens is 202 g/mol. The highest BCUT2D eigenvalue weighted by molar-refractivity contribution is 5.68. The van der Waals surface area contributed by atoms with E-state index < -0.39 is 0 Å². The summed E-state index contributed by atoms with van der Waals surface area (Å²) in [6.45, 7) is 5.78. The molecule has 1 amide bonds. The fraction of sp³-hybridized carbons (Fsp3) is 0.462. The van der Waals surface area contributed by atoms with Crippen LogP contribution in [-0.2, 0) is 17.7 Å². The number of hydrogen-bond donors (Lipinski definition) is 0. The van der Waals surface area contributed by atoms with Crippen LogP contribution in [0.3, 0.4) is 0 Å². The number of benzene rings is 1. The number of fused-ring (bicyclic) bond motifs is 1. The maximum absolute atomic E-state index is 11.6. The van der Waals surface area contributed by atoms with Crippen LogP contribution in [0.1, 0.15) is 23.6 Å². The zero-order valence-corrected chi connectivity index (χ0v) is 9.82. The Labute approximate surface area is 96.0 Å². The lowest BCUT2D eigenvalue weighted by molar-refractivity contribution is 0.102. The Morgan fingerprint density at radius 1 is 1.44 bits per heavy atom. The Bertz CT molecular complexity index is 401. The molecule has 1 aromatic rings. The smallest absolute Gasteiger partial charge is 0.410 e. The summed E-state index contributed by atoms with van der Waals surface area (Å²) < 4.78 is 5.01. The van der Waals surface area contributed by atoms with Crippen molar-refractivity contribution in [1.82, 2.24) is 4.90 Å². The van der Waals surface area contributed by atoms with Crippen molar-refractivity contribution in [1.29, 1.82) is 0 Å². The predicted octanol–water partition coefficient (Wildman–Crippen LogP) is 2.51. The summed E-state index contributed by atoms with van der Waals surface area (Å²) in [5.74, 6) is 0. The standard InChI is InChI=1S/C13H17NO2/c1-3-16-13(15)14-7-6-11-5-4-10(2)8-12(11)9-14/h4-5,8H,3,6-7,9H2,1-2H3. The van der Waals surface area contributed by atoms with Gasteiger partial charge in [0.1, 0.15) is 0 Å². The first-order chi connectivity index (χ1) is 7.70. The number of rotatable bonds is 1. The van der Waals surface area contributed by atoms with Gasteiger partial charge in [0, 0.05) is 13.1 Å². The van der Waals surface area contributed by atoms with Gasteiger partial charge in [0.2, 0.25) is 0 Å². The molecule has 0 N–H and O–H groups in total. The minimum Gasteiger partial charge on any atom is -0.450 e. The normalized spacial score (nSPS) is 14.5. The van der Waals surface area contributed by atoms with Crippen molar-refractivity contribution < 1.29 is 9.53 Å². The molecule has 0 spiro atoms. The number of aryl methyl sites for hydroxylation is 1. The molecule has 0 aromatic heterocycles. The van der Waals surface area contributed by atoms with E-state index in [1.165, 1.54) is 16.7 Å². The van der Waals surface area contributed by atoms with Crippen molar-refractivity contribution in [2.45, 2.75) is 26.8 Å². The highest BCUT2D eigenvalue weighted by atomic mass is 16.6. The molecule has 1 heterocycles. The van der Waals surface area contributed by atoms with Crippen molar-refractivity contribution in [3.63, 3.8) is 0 Å². The number of nitrogens with zero attached hydrogens (tertiary/aromatic N) is 1. The van der Waals surface area contributed by atoms with E-state index in [4.69, 9.17) is 4.74 Å². The first kappa shape index (κ1) is 11.0. The molecule has 3 nitrogen and oxygen atoms in total. The average molecular weight is 219 g/mol. The predicted molar refractivity (Wildman–Crippen MR) is 62.3 cm³/mol. The third kappa shape index (κ3) is 2.18. The third-order valence-electron chi connectivity index (χ3n) is 2.90. The zero-order valence-electron chi connectivity index (χ0n) is 9.82. The Kier molecular flexibility index (Phi) is 3.13. The van der Waals surface area contributed by atoms with E-state index in [1.807, 2.05) is 6.92 Å². The molecule has 0 aliphatic carbocycles. The van der Waals surface area contributed by atoms with Gasteiger partial charge in [-0.2, -0.15) is 0 Å². The minimum absolute atomic E-state index is 0.199. The van der Waals surface area contributed by atoms with E-state index in [2.05, 4.69) is 25.1 Å². The van der Waals surface area contributed by atoms with Crippen LogP contribution in [0.2, 0.25) is 0 Å². The topological polar surface area (TPSA) is 29.5 Å². The monoisotopic (exact) mass is 219 g/mol. The van der Waals surface area contributed by atoms with E-state index in [-0.39, 0.29) is 6.09 Å². The molecule has 0 bridgehead atoms. The number of amides is 1. The maximum atomic E-state index is 11.6. The molecule has 0 atom stereocenters. The molecule has 0 fully saturated rings. The quantitative estimate of drug-likeness (QED) is 0.726. The molecule has 1 aromatic carbocycles. The molecule has 2 rings (SSSR count). The number of carbonyl (C=O) groups excluding carboxylic acids is 1. The number of hydrogen-bond acceptors (Lipinski definition) is 2. The zero-order chi connectivity index (χ0) is 11.5. The van der Waals surface area contributed by atoms with Crippen molar-refractivity contribution in [2.24, 2.45) is 0 Å². The molecule has 1 aliphatic heterocycles. The van der Waals surface area contributed by atoms with Crippen LogP contribution >= 0.6 is 0 Å². The second-order valence-corrected chi connectivity index (χ2v) is 4.14. The molecule has 0 saturated heterocycles. The summed E-state index contributed by atoms with van der Waals surface area (Å²) >= 11 is 0. The van der Waals surface area contributed by atoms with Crippen LogP contribution in [0.5, 0.6) is 0 Å². The van der Waals surface area contributed by atoms with Gasteiger partial charge in [-0.05, 0) is 31.4 Å². The Morgan fingerprint density at radius 3 is 3.00 bits per heavy atom. The van der Waals surface area contributed by atoms with Gasteiger partial charge in [0.25, 0.3) is 0 Å². The minimum atomic E-state index is -0.199.